The third-order valence-corrected chi connectivity index (χ3v) is 4.86. The van der Waals surface area contributed by atoms with Gasteiger partial charge in [0.1, 0.15) is 0 Å². The Bertz CT molecular complexity index is 479. The van der Waals surface area contributed by atoms with Gasteiger partial charge in [0.25, 0.3) is 0 Å². The molecular formula is C13H21NO4S. The molecule has 0 heterocycles. The topological polar surface area (TPSA) is 55.8 Å². The third-order valence-electron chi connectivity index (χ3n) is 2.80. The van der Waals surface area contributed by atoms with E-state index in [-0.39, 0.29) is 0 Å². The first-order valence-electron chi connectivity index (χ1n) is 6.07. The normalized spacial score (nSPS) is 12.0. The van der Waals surface area contributed by atoms with Gasteiger partial charge in [0.15, 0.2) is 0 Å². The summed E-state index contributed by atoms with van der Waals surface area (Å²) in [6.45, 7) is 3.13. The Balaban J connectivity index is 3.01. The van der Waals surface area contributed by atoms with Gasteiger partial charge in [-0.15, -0.1) is 0 Å². The zero-order chi connectivity index (χ0) is 14.3. The highest BCUT2D eigenvalue weighted by Gasteiger charge is 2.25. The van der Waals surface area contributed by atoms with Crippen molar-refractivity contribution in [3.63, 3.8) is 0 Å². The van der Waals surface area contributed by atoms with Crippen molar-refractivity contribution in [2.24, 2.45) is 0 Å². The minimum atomic E-state index is -3.50. The van der Waals surface area contributed by atoms with Crippen molar-refractivity contribution in [2.75, 3.05) is 40.5 Å². The number of hydrogen-bond donors (Lipinski definition) is 0. The van der Waals surface area contributed by atoms with Crippen LogP contribution in [0, 0.1) is 6.92 Å². The summed E-state index contributed by atoms with van der Waals surface area (Å²) in [6, 6.07) is 6.96. The van der Waals surface area contributed by atoms with Crippen LogP contribution in [-0.4, -0.2) is 53.2 Å². The monoisotopic (exact) mass is 287 g/mol. The second-order valence-electron chi connectivity index (χ2n) is 4.16. The van der Waals surface area contributed by atoms with Crippen LogP contribution in [-0.2, 0) is 19.5 Å². The average molecular weight is 287 g/mol. The van der Waals surface area contributed by atoms with Gasteiger partial charge in [0, 0.05) is 27.3 Å². The smallest absolute Gasteiger partial charge is 0.243 e. The molecule has 0 N–H and O–H groups in total. The van der Waals surface area contributed by atoms with Crippen LogP contribution >= 0.6 is 0 Å². The van der Waals surface area contributed by atoms with E-state index in [0.717, 1.165) is 5.56 Å². The van der Waals surface area contributed by atoms with E-state index < -0.39 is 10.0 Å². The molecule has 0 saturated heterocycles. The molecule has 0 aliphatic heterocycles. The van der Waals surface area contributed by atoms with Gasteiger partial charge in [0.2, 0.25) is 10.0 Å². The second kappa shape index (κ2) is 7.59. The Kier molecular flexibility index (Phi) is 6.44. The van der Waals surface area contributed by atoms with E-state index in [4.69, 9.17) is 9.47 Å². The lowest BCUT2D eigenvalue weighted by atomic mass is 10.2. The minimum Gasteiger partial charge on any atom is -0.383 e. The first-order valence-corrected chi connectivity index (χ1v) is 7.51. The molecule has 19 heavy (non-hydrogen) atoms. The maximum Gasteiger partial charge on any atom is 0.243 e. The standard InChI is InChI=1S/C13H21NO4S/c1-12-6-4-5-7-13(12)19(15,16)14(8-10-17-2)9-11-18-3/h4-7H,8-11H2,1-3H3. The number of sulfonamides is 1. The van der Waals surface area contributed by atoms with Gasteiger partial charge in [0.05, 0.1) is 18.1 Å². The van der Waals surface area contributed by atoms with E-state index in [9.17, 15) is 8.42 Å². The number of nitrogens with zero attached hydrogens (tertiary/aromatic N) is 1. The van der Waals surface area contributed by atoms with Crippen molar-refractivity contribution in [1.82, 2.24) is 4.31 Å². The molecule has 5 nitrogen and oxygen atoms in total. The van der Waals surface area contributed by atoms with E-state index in [0.29, 0.717) is 31.2 Å². The lowest BCUT2D eigenvalue weighted by Gasteiger charge is -2.22. The van der Waals surface area contributed by atoms with Gasteiger partial charge in [-0.2, -0.15) is 4.31 Å². The molecule has 6 heteroatoms. The molecule has 0 spiro atoms. The van der Waals surface area contributed by atoms with Crippen LogP contribution in [0.25, 0.3) is 0 Å². The SMILES string of the molecule is COCCN(CCOC)S(=O)(=O)c1ccccc1C. The predicted molar refractivity (Wildman–Crippen MR) is 73.7 cm³/mol. The van der Waals surface area contributed by atoms with Crippen LogP contribution < -0.4 is 0 Å². The van der Waals surface area contributed by atoms with Crippen LogP contribution in [0.5, 0.6) is 0 Å². The van der Waals surface area contributed by atoms with Gasteiger partial charge < -0.3 is 9.47 Å². The Morgan fingerprint density at radius 1 is 1.05 bits per heavy atom. The molecule has 0 fully saturated rings. The van der Waals surface area contributed by atoms with Crippen molar-refractivity contribution < 1.29 is 17.9 Å². The van der Waals surface area contributed by atoms with Gasteiger partial charge >= 0.3 is 0 Å². The van der Waals surface area contributed by atoms with Crippen LogP contribution in [0.15, 0.2) is 29.2 Å². The summed E-state index contributed by atoms with van der Waals surface area (Å²) in [5.74, 6) is 0. The minimum absolute atomic E-state index is 0.316. The predicted octanol–water partition coefficient (Wildman–Crippen LogP) is 1.28. The first kappa shape index (κ1) is 16.1. The summed E-state index contributed by atoms with van der Waals surface area (Å²) in [4.78, 5) is 0.335. The van der Waals surface area contributed by atoms with Crippen molar-refractivity contribution in [3.8, 4) is 0 Å². The number of benzene rings is 1. The number of methoxy groups -OCH3 is 2. The van der Waals surface area contributed by atoms with Gasteiger partial charge in [-0.1, -0.05) is 18.2 Å². The summed E-state index contributed by atoms with van der Waals surface area (Å²) in [5.41, 5.74) is 0.738. The maximum absolute atomic E-state index is 12.6. The summed E-state index contributed by atoms with van der Waals surface area (Å²) in [5, 5.41) is 0. The molecule has 0 bridgehead atoms. The van der Waals surface area contributed by atoms with E-state index in [1.807, 2.05) is 6.07 Å². The summed E-state index contributed by atoms with van der Waals surface area (Å²) in [6.07, 6.45) is 0. The van der Waals surface area contributed by atoms with Crippen LogP contribution in [0.1, 0.15) is 5.56 Å². The third kappa shape index (κ3) is 4.28. The Morgan fingerprint density at radius 3 is 2.05 bits per heavy atom. The van der Waals surface area contributed by atoms with E-state index >= 15 is 0 Å². The fraction of sp³-hybridized carbons (Fsp3) is 0.538. The molecule has 0 atom stereocenters. The zero-order valence-corrected chi connectivity index (χ0v) is 12.4. The zero-order valence-electron chi connectivity index (χ0n) is 11.6. The quantitative estimate of drug-likeness (QED) is 0.723. The van der Waals surface area contributed by atoms with Gasteiger partial charge in [-0.05, 0) is 18.6 Å². The Morgan fingerprint density at radius 2 is 1.58 bits per heavy atom. The number of rotatable bonds is 8. The molecule has 0 amide bonds. The summed E-state index contributed by atoms with van der Waals surface area (Å²) in [7, 11) is -0.402. The highest BCUT2D eigenvalue weighted by atomic mass is 32.2. The number of hydrogen-bond acceptors (Lipinski definition) is 4. The molecule has 1 aromatic rings. The fourth-order valence-electron chi connectivity index (χ4n) is 1.72. The van der Waals surface area contributed by atoms with Crippen LogP contribution in [0.4, 0.5) is 0 Å². The molecule has 0 aliphatic carbocycles. The average Bonchev–Trinajstić information content (AvgIpc) is 2.39. The van der Waals surface area contributed by atoms with Crippen LogP contribution in [0.3, 0.4) is 0 Å². The molecule has 0 radical (unpaired) electrons. The molecule has 1 aromatic carbocycles. The highest BCUT2D eigenvalue weighted by Crippen LogP contribution is 2.19. The van der Waals surface area contributed by atoms with Gasteiger partial charge in [-0.25, -0.2) is 8.42 Å². The molecule has 108 valence electrons. The highest BCUT2D eigenvalue weighted by molar-refractivity contribution is 7.89. The first-order chi connectivity index (χ1) is 9.04. The van der Waals surface area contributed by atoms with Crippen molar-refractivity contribution in [1.29, 1.82) is 0 Å². The molecular weight excluding hydrogens is 266 g/mol. The number of aryl methyl sites for hydroxylation is 1. The van der Waals surface area contributed by atoms with E-state index in [1.54, 1.807) is 39.3 Å². The molecule has 0 aromatic heterocycles. The second-order valence-corrected chi connectivity index (χ2v) is 6.06. The van der Waals surface area contributed by atoms with Gasteiger partial charge in [-0.3, -0.25) is 0 Å². The lowest BCUT2D eigenvalue weighted by molar-refractivity contribution is 0.150. The molecule has 0 unspecified atom stereocenters. The lowest BCUT2D eigenvalue weighted by Crippen LogP contribution is -2.36. The van der Waals surface area contributed by atoms with Crippen molar-refractivity contribution >= 4 is 10.0 Å². The number of ether oxygens (including phenoxy) is 2. The summed E-state index contributed by atoms with van der Waals surface area (Å²) >= 11 is 0. The fourth-order valence-corrected chi connectivity index (χ4v) is 3.36. The van der Waals surface area contributed by atoms with Crippen molar-refractivity contribution in [2.45, 2.75) is 11.8 Å². The Labute approximate surface area is 115 Å². The largest absolute Gasteiger partial charge is 0.383 e. The summed E-state index contributed by atoms with van der Waals surface area (Å²) < 4.78 is 36.5. The molecule has 1 rings (SSSR count). The maximum atomic E-state index is 12.6. The van der Waals surface area contributed by atoms with Crippen LogP contribution in [0.2, 0.25) is 0 Å². The van der Waals surface area contributed by atoms with E-state index in [1.165, 1.54) is 4.31 Å². The molecule has 0 saturated carbocycles. The molecule has 0 aliphatic rings. The van der Waals surface area contributed by atoms with E-state index in [2.05, 4.69) is 0 Å². The van der Waals surface area contributed by atoms with Crippen molar-refractivity contribution in [3.05, 3.63) is 29.8 Å². The Hall–Kier alpha value is -0.950.